The van der Waals surface area contributed by atoms with Crippen LogP contribution in [-0.2, 0) is 0 Å². The molecule has 1 N–H and O–H groups in total. The Morgan fingerprint density at radius 1 is 1.06 bits per heavy atom. The van der Waals surface area contributed by atoms with Crippen molar-refractivity contribution in [1.29, 1.82) is 0 Å². The lowest BCUT2D eigenvalue weighted by Crippen LogP contribution is -1.97. The number of aromatic nitrogens is 5. The van der Waals surface area contributed by atoms with E-state index in [1.165, 1.54) is 6.20 Å². The van der Waals surface area contributed by atoms with Gasteiger partial charge in [-0.25, -0.2) is 19.5 Å². The van der Waals surface area contributed by atoms with Gasteiger partial charge in [0.1, 0.15) is 5.69 Å². The molecule has 0 unspecified atom stereocenters. The number of hydrogen-bond donors (Lipinski definition) is 1. The Hall–Kier alpha value is -2.50. The van der Waals surface area contributed by atoms with Gasteiger partial charge in [0, 0.05) is 12.4 Å². The van der Waals surface area contributed by atoms with Crippen molar-refractivity contribution in [1.82, 2.24) is 24.6 Å². The van der Waals surface area contributed by atoms with Gasteiger partial charge in [0.2, 0.25) is 0 Å². The standard InChI is InChI=1S/C10H7N5O/c16-10-13-6-7-2-3-8(15(7)14-10)9-11-4-1-5-12-9/h1-6H,(H,14,16). The molecule has 0 spiro atoms. The summed E-state index contributed by atoms with van der Waals surface area (Å²) in [4.78, 5) is 12.0. The van der Waals surface area contributed by atoms with Crippen molar-refractivity contribution < 1.29 is 5.11 Å². The summed E-state index contributed by atoms with van der Waals surface area (Å²) in [5.41, 5.74) is 1.49. The largest absolute Gasteiger partial charge is 0.478 e. The van der Waals surface area contributed by atoms with Gasteiger partial charge in [0.05, 0.1) is 11.7 Å². The maximum Gasteiger partial charge on any atom is 0.331 e. The summed E-state index contributed by atoms with van der Waals surface area (Å²) in [6.45, 7) is 0. The molecule has 3 heterocycles. The monoisotopic (exact) mass is 213 g/mol. The van der Waals surface area contributed by atoms with E-state index in [1.54, 1.807) is 23.0 Å². The molecular weight excluding hydrogens is 206 g/mol. The number of fused-ring (bicyclic) bond motifs is 1. The molecular formula is C10H7N5O. The molecule has 0 saturated heterocycles. The second kappa shape index (κ2) is 3.27. The molecule has 0 aliphatic rings. The van der Waals surface area contributed by atoms with Crippen molar-refractivity contribution in [3.63, 3.8) is 0 Å². The molecule has 0 saturated carbocycles. The topological polar surface area (TPSA) is 76.2 Å². The molecule has 6 nitrogen and oxygen atoms in total. The van der Waals surface area contributed by atoms with Crippen molar-refractivity contribution >= 4 is 5.52 Å². The van der Waals surface area contributed by atoms with Gasteiger partial charge in [0.15, 0.2) is 5.82 Å². The summed E-state index contributed by atoms with van der Waals surface area (Å²) >= 11 is 0. The molecule has 0 aliphatic heterocycles. The van der Waals surface area contributed by atoms with Crippen LogP contribution >= 0.6 is 0 Å². The molecule has 6 heteroatoms. The quantitative estimate of drug-likeness (QED) is 0.649. The van der Waals surface area contributed by atoms with Crippen molar-refractivity contribution in [2.45, 2.75) is 0 Å². The van der Waals surface area contributed by atoms with Crippen LogP contribution in [0.25, 0.3) is 17.0 Å². The van der Waals surface area contributed by atoms with Gasteiger partial charge < -0.3 is 5.11 Å². The molecule has 3 aromatic rings. The molecule has 0 bridgehead atoms. The zero-order valence-electron chi connectivity index (χ0n) is 8.15. The third-order valence-electron chi connectivity index (χ3n) is 2.18. The molecule has 0 radical (unpaired) electrons. The molecule has 0 aromatic carbocycles. The Bertz CT molecular complexity index is 634. The van der Waals surface area contributed by atoms with E-state index >= 15 is 0 Å². The van der Waals surface area contributed by atoms with Crippen LogP contribution in [0.2, 0.25) is 0 Å². The number of aromatic hydroxyl groups is 1. The van der Waals surface area contributed by atoms with E-state index in [1.807, 2.05) is 12.1 Å². The number of rotatable bonds is 1. The first-order chi connectivity index (χ1) is 7.84. The second-order valence-corrected chi connectivity index (χ2v) is 3.19. The van der Waals surface area contributed by atoms with E-state index in [2.05, 4.69) is 20.1 Å². The Morgan fingerprint density at radius 2 is 1.88 bits per heavy atom. The molecule has 16 heavy (non-hydrogen) atoms. The fourth-order valence-electron chi connectivity index (χ4n) is 1.49. The third-order valence-corrected chi connectivity index (χ3v) is 2.18. The van der Waals surface area contributed by atoms with Gasteiger partial charge in [-0.1, -0.05) is 0 Å². The normalized spacial score (nSPS) is 10.8. The minimum atomic E-state index is -0.277. The van der Waals surface area contributed by atoms with Gasteiger partial charge in [0.25, 0.3) is 0 Å². The highest BCUT2D eigenvalue weighted by atomic mass is 16.3. The summed E-state index contributed by atoms with van der Waals surface area (Å²) in [6.07, 6.45) is 4.85. The van der Waals surface area contributed by atoms with E-state index in [0.29, 0.717) is 11.5 Å². The zero-order chi connectivity index (χ0) is 11.0. The lowest BCUT2D eigenvalue weighted by Gasteiger charge is -1.99. The van der Waals surface area contributed by atoms with Crippen LogP contribution in [0.4, 0.5) is 0 Å². The lowest BCUT2D eigenvalue weighted by molar-refractivity contribution is 0.419. The molecule has 0 amide bonds. The summed E-state index contributed by atoms with van der Waals surface area (Å²) in [7, 11) is 0. The maximum atomic E-state index is 9.24. The van der Waals surface area contributed by atoms with Crippen molar-refractivity contribution in [2.24, 2.45) is 0 Å². The Balaban J connectivity index is 2.29. The Morgan fingerprint density at radius 3 is 2.69 bits per heavy atom. The summed E-state index contributed by atoms with van der Waals surface area (Å²) < 4.78 is 1.55. The zero-order valence-corrected chi connectivity index (χ0v) is 8.15. The van der Waals surface area contributed by atoms with Crippen molar-refractivity contribution in [3.05, 3.63) is 36.8 Å². The van der Waals surface area contributed by atoms with Crippen LogP contribution in [0.5, 0.6) is 6.01 Å². The van der Waals surface area contributed by atoms with Crippen molar-refractivity contribution in [3.8, 4) is 17.5 Å². The van der Waals surface area contributed by atoms with Crippen LogP contribution < -0.4 is 0 Å². The first-order valence-corrected chi connectivity index (χ1v) is 4.66. The molecule has 78 valence electrons. The fourth-order valence-corrected chi connectivity index (χ4v) is 1.49. The minimum absolute atomic E-state index is 0.277. The number of nitrogens with zero attached hydrogens (tertiary/aromatic N) is 5. The van der Waals surface area contributed by atoms with E-state index in [0.717, 1.165) is 5.52 Å². The van der Waals surface area contributed by atoms with Gasteiger partial charge >= 0.3 is 6.01 Å². The van der Waals surface area contributed by atoms with Crippen molar-refractivity contribution in [2.75, 3.05) is 0 Å². The Kier molecular flexibility index (Phi) is 1.79. The minimum Gasteiger partial charge on any atom is -0.478 e. The maximum absolute atomic E-state index is 9.24. The van der Waals surface area contributed by atoms with Crippen LogP contribution in [0.3, 0.4) is 0 Å². The first kappa shape index (κ1) is 8.78. The predicted octanol–water partition coefficient (Wildman–Crippen LogP) is 0.892. The SMILES string of the molecule is Oc1ncc2ccc(-c3ncccn3)n2n1. The Labute approximate surface area is 90.2 Å². The lowest BCUT2D eigenvalue weighted by atomic mass is 10.4. The highest BCUT2D eigenvalue weighted by Gasteiger charge is 2.08. The predicted molar refractivity (Wildman–Crippen MR) is 55.7 cm³/mol. The molecule has 0 fully saturated rings. The summed E-state index contributed by atoms with van der Waals surface area (Å²) in [5, 5.41) is 13.1. The highest BCUT2D eigenvalue weighted by molar-refractivity contribution is 5.60. The smallest absolute Gasteiger partial charge is 0.331 e. The van der Waals surface area contributed by atoms with Gasteiger partial charge in [-0.15, -0.1) is 5.10 Å². The molecule has 0 atom stereocenters. The van der Waals surface area contributed by atoms with Gasteiger partial charge in [-0.05, 0) is 18.2 Å². The molecule has 3 aromatic heterocycles. The van der Waals surface area contributed by atoms with E-state index in [9.17, 15) is 5.11 Å². The van der Waals surface area contributed by atoms with Gasteiger partial charge in [-0.2, -0.15) is 0 Å². The second-order valence-electron chi connectivity index (χ2n) is 3.19. The molecule has 0 aliphatic carbocycles. The van der Waals surface area contributed by atoms with E-state index in [4.69, 9.17) is 0 Å². The third kappa shape index (κ3) is 1.28. The molecule has 3 rings (SSSR count). The van der Waals surface area contributed by atoms with Crippen LogP contribution in [-0.4, -0.2) is 29.7 Å². The average Bonchev–Trinajstić information content (AvgIpc) is 2.73. The van der Waals surface area contributed by atoms with E-state index < -0.39 is 0 Å². The average molecular weight is 213 g/mol. The number of hydrogen-bond acceptors (Lipinski definition) is 5. The fraction of sp³-hybridized carbons (Fsp3) is 0. The van der Waals surface area contributed by atoms with Crippen LogP contribution in [0, 0.1) is 0 Å². The summed E-state index contributed by atoms with van der Waals surface area (Å²) in [6, 6.07) is 5.14. The summed E-state index contributed by atoms with van der Waals surface area (Å²) in [5.74, 6) is 0.556. The van der Waals surface area contributed by atoms with Crippen LogP contribution in [0.1, 0.15) is 0 Å². The van der Waals surface area contributed by atoms with Gasteiger partial charge in [-0.3, -0.25) is 0 Å². The van der Waals surface area contributed by atoms with E-state index in [-0.39, 0.29) is 6.01 Å². The van der Waals surface area contributed by atoms with Crippen LogP contribution in [0.15, 0.2) is 36.8 Å². The highest BCUT2D eigenvalue weighted by Crippen LogP contribution is 2.17. The first-order valence-electron chi connectivity index (χ1n) is 4.66.